The molecule has 0 bridgehead atoms. The average Bonchev–Trinajstić information content (AvgIpc) is 2.55. The molecule has 1 nitrogen and oxygen atoms in total. The zero-order valence-corrected chi connectivity index (χ0v) is 12.8. The minimum atomic E-state index is 0. The highest BCUT2D eigenvalue weighted by molar-refractivity contribution is 5.96. The topological polar surface area (TPSA) is 17.1 Å². The lowest BCUT2D eigenvalue weighted by Crippen LogP contribution is -1.95. The Bertz CT molecular complexity index is 799. The molecule has 3 aromatic carbocycles. The van der Waals surface area contributed by atoms with E-state index in [2.05, 4.69) is 42.5 Å². The lowest BCUT2D eigenvalue weighted by Gasteiger charge is -2.08. The highest BCUT2D eigenvalue weighted by Crippen LogP contribution is 2.26. The minimum absolute atomic E-state index is 0. The molecule has 3 rings (SSSR count). The van der Waals surface area contributed by atoms with Gasteiger partial charge in [-0.2, -0.15) is 0 Å². The molecule has 116 valence electrons. The molecule has 0 radical (unpaired) electrons. The number of carbonyl (C=O) groups is 1. The first-order chi connectivity index (χ1) is 10.6. The summed E-state index contributed by atoms with van der Waals surface area (Å²) in [6, 6.07) is 24.9. The first-order valence-electron chi connectivity index (χ1n) is 7.42. The first-order valence-corrected chi connectivity index (χ1v) is 7.42. The molecule has 0 aliphatic heterocycles. The van der Waals surface area contributed by atoms with E-state index in [1.165, 1.54) is 11.1 Å². The Hall–Kier alpha value is -2.67. The third kappa shape index (κ3) is 3.57. The fourth-order valence-corrected chi connectivity index (χ4v) is 2.72. The van der Waals surface area contributed by atoms with Crippen LogP contribution in [0.2, 0.25) is 0 Å². The maximum absolute atomic E-state index is 11.5. The van der Waals surface area contributed by atoms with Crippen molar-refractivity contribution in [3.8, 4) is 22.3 Å². The van der Waals surface area contributed by atoms with E-state index >= 15 is 0 Å². The van der Waals surface area contributed by atoms with Crippen LogP contribution in [0, 0.1) is 6.92 Å². The van der Waals surface area contributed by atoms with Crippen LogP contribution in [-0.2, 0) is 0 Å². The molecule has 0 aromatic heterocycles. The predicted octanol–water partition coefficient (Wildman–Crippen LogP) is 6.17. The molecular weight excluding hydrogens is 280 g/mol. The van der Waals surface area contributed by atoms with E-state index in [0.29, 0.717) is 0 Å². The molecule has 23 heavy (non-hydrogen) atoms. The number of carbonyl (C=O) groups excluding carboxylic acids is 1. The number of hydrogen-bond acceptors (Lipinski definition) is 1. The van der Waals surface area contributed by atoms with Crippen LogP contribution >= 0.6 is 0 Å². The fourth-order valence-electron chi connectivity index (χ4n) is 2.72. The largest absolute Gasteiger partial charge is 0.295 e. The predicted molar refractivity (Wildman–Crippen MR) is 98.8 cm³/mol. The lowest BCUT2D eigenvalue weighted by atomic mass is 9.96. The Morgan fingerprint density at radius 2 is 1.17 bits per heavy atom. The van der Waals surface area contributed by atoms with Crippen molar-refractivity contribution in [1.29, 1.82) is 0 Å². The number of Topliss-reactive ketones (excluding diaryl/α,β-unsaturated/α-hetero) is 1. The third-order valence-corrected chi connectivity index (χ3v) is 3.93. The van der Waals surface area contributed by atoms with E-state index in [0.717, 1.165) is 22.3 Å². The van der Waals surface area contributed by atoms with E-state index < -0.39 is 0 Å². The molecule has 0 heterocycles. The van der Waals surface area contributed by atoms with Crippen LogP contribution in [0.5, 0.6) is 0 Å². The zero-order chi connectivity index (χ0) is 15.5. The normalized spacial score (nSPS) is 10.0. The second kappa shape index (κ2) is 7.06. The Balaban J connectivity index is 0.00000192. The van der Waals surface area contributed by atoms with Gasteiger partial charge in [-0.25, -0.2) is 0 Å². The number of benzene rings is 3. The molecule has 0 fully saturated rings. The number of hydrogen-bond donors (Lipinski definition) is 0. The van der Waals surface area contributed by atoms with Crippen molar-refractivity contribution in [2.24, 2.45) is 0 Å². The second-order valence-electron chi connectivity index (χ2n) is 5.53. The summed E-state index contributed by atoms with van der Waals surface area (Å²) in [5.41, 5.74) is 6.56. The summed E-state index contributed by atoms with van der Waals surface area (Å²) >= 11 is 0. The molecule has 0 amide bonds. The Labute approximate surface area is 138 Å². The zero-order valence-electron chi connectivity index (χ0n) is 12.8. The summed E-state index contributed by atoms with van der Waals surface area (Å²) in [6.07, 6.45) is 0. The molecule has 0 spiro atoms. The summed E-state index contributed by atoms with van der Waals surface area (Å²) in [7, 11) is 0. The maximum atomic E-state index is 11.5. The summed E-state index contributed by atoms with van der Waals surface area (Å²) in [5, 5.41) is 0. The van der Waals surface area contributed by atoms with Gasteiger partial charge in [-0.05, 0) is 41.7 Å². The van der Waals surface area contributed by atoms with Crippen molar-refractivity contribution in [3.05, 3.63) is 83.9 Å². The van der Waals surface area contributed by atoms with Crippen LogP contribution in [0.1, 0.15) is 30.3 Å². The quantitative estimate of drug-likeness (QED) is 0.529. The van der Waals surface area contributed by atoms with Crippen LogP contribution < -0.4 is 0 Å². The van der Waals surface area contributed by atoms with Crippen molar-refractivity contribution < 1.29 is 4.79 Å². The van der Waals surface area contributed by atoms with Crippen LogP contribution in [0.25, 0.3) is 22.3 Å². The van der Waals surface area contributed by atoms with E-state index in [9.17, 15) is 4.79 Å². The highest BCUT2D eigenvalue weighted by atomic mass is 16.1. The summed E-state index contributed by atoms with van der Waals surface area (Å²) < 4.78 is 0. The minimum Gasteiger partial charge on any atom is -0.295 e. The van der Waals surface area contributed by atoms with Crippen LogP contribution in [0.15, 0.2) is 72.8 Å². The van der Waals surface area contributed by atoms with Gasteiger partial charge in [-0.3, -0.25) is 4.79 Å². The van der Waals surface area contributed by atoms with Crippen LogP contribution in [-0.4, -0.2) is 5.78 Å². The van der Waals surface area contributed by atoms with Gasteiger partial charge in [0.2, 0.25) is 0 Å². The van der Waals surface area contributed by atoms with Crippen LogP contribution in [0.4, 0.5) is 0 Å². The highest BCUT2D eigenvalue weighted by Gasteiger charge is 2.06. The first kappa shape index (κ1) is 16.7. The Morgan fingerprint density at radius 1 is 0.696 bits per heavy atom. The number of aryl methyl sites for hydroxylation is 1. The van der Waals surface area contributed by atoms with Gasteiger partial charge in [0, 0.05) is 5.56 Å². The molecule has 0 saturated carbocycles. The molecule has 3 aromatic rings. The van der Waals surface area contributed by atoms with Gasteiger partial charge in [0.05, 0.1) is 0 Å². The van der Waals surface area contributed by atoms with Gasteiger partial charge in [0.15, 0.2) is 5.78 Å². The smallest absolute Gasteiger partial charge is 0.160 e. The summed E-state index contributed by atoms with van der Waals surface area (Å²) in [4.78, 5) is 11.5. The fraction of sp³-hybridized carbons (Fsp3) is 0.136. The van der Waals surface area contributed by atoms with Crippen molar-refractivity contribution >= 4 is 5.78 Å². The second-order valence-corrected chi connectivity index (χ2v) is 5.53. The van der Waals surface area contributed by atoms with Crippen molar-refractivity contribution in [2.45, 2.75) is 21.3 Å². The maximum Gasteiger partial charge on any atom is 0.160 e. The Morgan fingerprint density at radius 3 is 1.70 bits per heavy atom. The monoisotopic (exact) mass is 302 g/mol. The van der Waals surface area contributed by atoms with Crippen molar-refractivity contribution in [2.75, 3.05) is 0 Å². The van der Waals surface area contributed by atoms with Gasteiger partial charge in [-0.1, -0.05) is 80.2 Å². The van der Waals surface area contributed by atoms with E-state index in [-0.39, 0.29) is 13.2 Å². The molecule has 0 unspecified atom stereocenters. The standard InChI is InChI=1S/C21H18O.CH4/c1-15-14-20(12-13-21(15)16(2)22)19-10-8-18(9-11-19)17-6-4-3-5-7-17;/h3-14H,1-2H3;1H4. The molecule has 0 aliphatic rings. The van der Waals surface area contributed by atoms with Gasteiger partial charge in [0.25, 0.3) is 0 Å². The summed E-state index contributed by atoms with van der Waals surface area (Å²) in [6.45, 7) is 3.59. The van der Waals surface area contributed by atoms with E-state index in [4.69, 9.17) is 0 Å². The van der Waals surface area contributed by atoms with Crippen molar-refractivity contribution in [1.82, 2.24) is 0 Å². The van der Waals surface area contributed by atoms with Gasteiger partial charge in [0.1, 0.15) is 0 Å². The number of ketones is 1. The number of rotatable bonds is 3. The van der Waals surface area contributed by atoms with Gasteiger partial charge in [-0.15, -0.1) is 0 Å². The third-order valence-electron chi connectivity index (χ3n) is 3.93. The van der Waals surface area contributed by atoms with Gasteiger partial charge >= 0.3 is 0 Å². The summed E-state index contributed by atoms with van der Waals surface area (Å²) in [5.74, 6) is 0.114. The van der Waals surface area contributed by atoms with E-state index in [1.807, 2.05) is 37.3 Å². The average molecular weight is 302 g/mol. The molecule has 1 heteroatoms. The molecule has 0 atom stereocenters. The molecular formula is C22H22O. The Kier molecular flexibility index (Phi) is 5.13. The van der Waals surface area contributed by atoms with Crippen molar-refractivity contribution in [3.63, 3.8) is 0 Å². The van der Waals surface area contributed by atoms with Gasteiger partial charge < -0.3 is 0 Å². The lowest BCUT2D eigenvalue weighted by molar-refractivity contribution is 0.101. The SMILES string of the molecule is C.CC(=O)c1ccc(-c2ccc(-c3ccccc3)cc2)cc1C. The molecule has 0 saturated heterocycles. The van der Waals surface area contributed by atoms with Crippen LogP contribution in [0.3, 0.4) is 0 Å². The molecule has 0 aliphatic carbocycles. The van der Waals surface area contributed by atoms with E-state index in [1.54, 1.807) is 6.92 Å². The molecule has 0 N–H and O–H groups in total.